The molecule has 2 aromatic heterocycles. The van der Waals surface area contributed by atoms with Crippen molar-refractivity contribution in [2.45, 2.75) is 19.9 Å². The van der Waals surface area contributed by atoms with Crippen molar-refractivity contribution in [2.24, 2.45) is 0 Å². The van der Waals surface area contributed by atoms with Gasteiger partial charge in [0.2, 0.25) is 5.95 Å². The molecular weight excluding hydrogens is 222 g/mol. The number of fused-ring (bicyclic) bond motifs is 1. The molecule has 0 aliphatic carbocycles. The van der Waals surface area contributed by atoms with Crippen molar-refractivity contribution in [1.82, 2.24) is 14.6 Å². The molecule has 90 valence electrons. The molecule has 0 saturated carbocycles. The molecule has 4 N–H and O–H groups in total. The standard InChI is InChI=1S/C10H13N5O2/c1-5(2)12-7-4-15-8(13-10(11)14-15)3-6(7)9(16)17/h3-5,12H,1-2H3,(H2,11,14)(H,16,17). The Morgan fingerprint density at radius 1 is 1.59 bits per heavy atom. The maximum Gasteiger partial charge on any atom is 0.337 e. The molecule has 0 fully saturated rings. The first-order valence-electron chi connectivity index (χ1n) is 5.13. The van der Waals surface area contributed by atoms with Crippen LogP contribution in [0, 0.1) is 0 Å². The van der Waals surface area contributed by atoms with Crippen molar-refractivity contribution < 1.29 is 9.90 Å². The minimum absolute atomic E-state index is 0.114. The van der Waals surface area contributed by atoms with E-state index in [-0.39, 0.29) is 17.6 Å². The highest BCUT2D eigenvalue weighted by molar-refractivity contribution is 5.95. The van der Waals surface area contributed by atoms with Crippen LogP contribution in [0.1, 0.15) is 24.2 Å². The van der Waals surface area contributed by atoms with E-state index in [1.807, 2.05) is 13.8 Å². The second-order valence-corrected chi connectivity index (χ2v) is 3.98. The van der Waals surface area contributed by atoms with Crippen molar-refractivity contribution in [3.63, 3.8) is 0 Å². The van der Waals surface area contributed by atoms with Gasteiger partial charge in [-0.3, -0.25) is 0 Å². The average Bonchev–Trinajstić information content (AvgIpc) is 2.54. The van der Waals surface area contributed by atoms with Gasteiger partial charge in [-0.25, -0.2) is 9.31 Å². The van der Waals surface area contributed by atoms with E-state index < -0.39 is 5.97 Å². The van der Waals surface area contributed by atoms with Gasteiger partial charge in [-0.1, -0.05) is 0 Å². The summed E-state index contributed by atoms with van der Waals surface area (Å²) in [6.07, 6.45) is 1.57. The Bertz CT molecular complexity index is 575. The van der Waals surface area contributed by atoms with E-state index in [4.69, 9.17) is 10.8 Å². The Morgan fingerprint density at radius 3 is 2.88 bits per heavy atom. The fourth-order valence-corrected chi connectivity index (χ4v) is 1.55. The summed E-state index contributed by atoms with van der Waals surface area (Å²) in [5, 5.41) is 16.1. The monoisotopic (exact) mass is 235 g/mol. The number of nitrogens with one attached hydrogen (secondary N) is 1. The lowest BCUT2D eigenvalue weighted by Crippen LogP contribution is -2.14. The SMILES string of the molecule is CC(C)Nc1cn2nc(N)nc2cc1C(=O)O. The van der Waals surface area contributed by atoms with Crippen molar-refractivity contribution in [2.75, 3.05) is 11.1 Å². The molecule has 0 aromatic carbocycles. The molecule has 0 aliphatic rings. The van der Waals surface area contributed by atoms with Gasteiger partial charge in [-0.05, 0) is 19.9 Å². The normalized spacial score (nSPS) is 11.0. The van der Waals surface area contributed by atoms with Crippen molar-refractivity contribution >= 4 is 23.3 Å². The third-order valence-corrected chi connectivity index (χ3v) is 2.16. The number of carbonyl (C=O) groups is 1. The quantitative estimate of drug-likeness (QED) is 0.727. The Hall–Kier alpha value is -2.31. The fourth-order valence-electron chi connectivity index (χ4n) is 1.55. The highest BCUT2D eigenvalue weighted by Gasteiger charge is 2.14. The highest BCUT2D eigenvalue weighted by Crippen LogP contribution is 2.18. The minimum Gasteiger partial charge on any atom is -0.478 e. The van der Waals surface area contributed by atoms with Gasteiger partial charge >= 0.3 is 5.97 Å². The zero-order valence-electron chi connectivity index (χ0n) is 9.51. The number of nitrogen functional groups attached to an aromatic ring is 1. The number of nitrogens with two attached hydrogens (primary N) is 1. The van der Waals surface area contributed by atoms with Gasteiger partial charge in [0.05, 0.1) is 17.4 Å². The molecule has 2 rings (SSSR count). The van der Waals surface area contributed by atoms with Crippen molar-refractivity contribution in [3.05, 3.63) is 17.8 Å². The van der Waals surface area contributed by atoms with E-state index in [0.717, 1.165) is 0 Å². The minimum atomic E-state index is -1.02. The van der Waals surface area contributed by atoms with Crippen LogP contribution in [0.3, 0.4) is 0 Å². The van der Waals surface area contributed by atoms with Gasteiger partial charge in [0, 0.05) is 6.04 Å². The summed E-state index contributed by atoms with van der Waals surface area (Å²) < 4.78 is 1.45. The van der Waals surface area contributed by atoms with Gasteiger partial charge in [0.25, 0.3) is 0 Å². The van der Waals surface area contributed by atoms with Gasteiger partial charge < -0.3 is 16.2 Å². The topological polar surface area (TPSA) is 106 Å². The molecular formula is C10H13N5O2. The summed E-state index contributed by atoms with van der Waals surface area (Å²) in [6.45, 7) is 3.84. The first-order chi connectivity index (χ1) is 7.97. The molecule has 0 saturated heterocycles. The average molecular weight is 235 g/mol. The number of nitrogens with zero attached hydrogens (tertiary/aromatic N) is 3. The predicted molar refractivity (Wildman–Crippen MR) is 63.1 cm³/mol. The number of aromatic nitrogens is 3. The molecule has 0 aliphatic heterocycles. The summed E-state index contributed by atoms with van der Waals surface area (Å²) in [4.78, 5) is 15.0. The molecule has 2 heterocycles. The van der Waals surface area contributed by atoms with Gasteiger partial charge in [-0.15, -0.1) is 5.10 Å². The lowest BCUT2D eigenvalue weighted by atomic mass is 10.2. The molecule has 2 aromatic rings. The van der Waals surface area contributed by atoms with Crippen LogP contribution in [0.2, 0.25) is 0 Å². The van der Waals surface area contributed by atoms with E-state index in [1.54, 1.807) is 6.20 Å². The molecule has 0 bridgehead atoms. The maximum atomic E-state index is 11.1. The van der Waals surface area contributed by atoms with Crippen molar-refractivity contribution in [1.29, 1.82) is 0 Å². The molecule has 17 heavy (non-hydrogen) atoms. The van der Waals surface area contributed by atoms with Crippen LogP contribution in [-0.4, -0.2) is 31.7 Å². The van der Waals surface area contributed by atoms with Crippen LogP contribution in [0.15, 0.2) is 12.3 Å². The fraction of sp³-hybridized carbons (Fsp3) is 0.300. The third kappa shape index (κ3) is 2.12. The molecule has 0 atom stereocenters. The van der Waals surface area contributed by atoms with Crippen LogP contribution in [0.4, 0.5) is 11.6 Å². The smallest absolute Gasteiger partial charge is 0.337 e. The highest BCUT2D eigenvalue weighted by atomic mass is 16.4. The number of pyridine rings is 1. The maximum absolute atomic E-state index is 11.1. The summed E-state index contributed by atoms with van der Waals surface area (Å²) in [5.74, 6) is -0.903. The molecule has 0 unspecified atom stereocenters. The number of carboxylic acids is 1. The molecule has 7 heteroatoms. The molecule has 0 amide bonds. The largest absolute Gasteiger partial charge is 0.478 e. The van der Waals surface area contributed by atoms with Crippen molar-refractivity contribution in [3.8, 4) is 0 Å². The number of rotatable bonds is 3. The lowest BCUT2D eigenvalue weighted by Gasteiger charge is -2.12. The predicted octanol–water partition coefficient (Wildman–Crippen LogP) is 0.830. The van der Waals surface area contributed by atoms with Gasteiger partial charge in [0.1, 0.15) is 0 Å². The van der Waals surface area contributed by atoms with E-state index in [2.05, 4.69) is 15.4 Å². The Kier molecular flexibility index (Phi) is 2.58. The van der Waals surface area contributed by atoms with E-state index in [0.29, 0.717) is 11.3 Å². The number of anilines is 2. The third-order valence-electron chi connectivity index (χ3n) is 2.16. The Labute approximate surface area is 97.3 Å². The molecule has 0 radical (unpaired) electrons. The number of carboxylic acid groups (broad SMARTS) is 1. The zero-order valence-corrected chi connectivity index (χ0v) is 9.51. The molecule has 7 nitrogen and oxygen atoms in total. The van der Waals surface area contributed by atoms with Gasteiger partial charge in [0.15, 0.2) is 5.65 Å². The first-order valence-corrected chi connectivity index (χ1v) is 5.13. The number of hydrogen-bond donors (Lipinski definition) is 3. The van der Waals surface area contributed by atoms with Crippen LogP contribution in [0.25, 0.3) is 5.65 Å². The number of hydrogen-bond acceptors (Lipinski definition) is 5. The number of aromatic carboxylic acids is 1. The lowest BCUT2D eigenvalue weighted by molar-refractivity contribution is 0.0698. The second kappa shape index (κ2) is 3.93. The molecule has 0 spiro atoms. The Balaban J connectivity index is 2.61. The summed E-state index contributed by atoms with van der Waals surface area (Å²) in [6, 6.07) is 1.56. The van der Waals surface area contributed by atoms with Crippen LogP contribution < -0.4 is 11.1 Å². The summed E-state index contributed by atoms with van der Waals surface area (Å²) in [7, 11) is 0. The second-order valence-electron chi connectivity index (χ2n) is 3.98. The first kappa shape index (κ1) is 11.2. The van der Waals surface area contributed by atoms with E-state index in [9.17, 15) is 4.79 Å². The zero-order chi connectivity index (χ0) is 12.6. The summed E-state index contributed by atoms with van der Waals surface area (Å²) >= 11 is 0. The van der Waals surface area contributed by atoms with Gasteiger partial charge in [-0.2, -0.15) is 4.98 Å². The summed E-state index contributed by atoms with van der Waals surface area (Å²) in [5.41, 5.74) is 6.51. The van der Waals surface area contributed by atoms with E-state index >= 15 is 0 Å². The van der Waals surface area contributed by atoms with E-state index in [1.165, 1.54) is 10.6 Å². The van der Waals surface area contributed by atoms with Crippen LogP contribution >= 0.6 is 0 Å². The van der Waals surface area contributed by atoms with Crippen LogP contribution in [-0.2, 0) is 0 Å². The van der Waals surface area contributed by atoms with Crippen LogP contribution in [0.5, 0.6) is 0 Å². The Morgan fingerprint density at radius 2 is 2.29 bits per heavy atom.